The van der Waals surface area contributed by atoms with Gasteiger partial charge in [-0.15, -0.1) is 0 Å². The van der Waals surface area contributed by atoms with E-state index in [1.54, 1.807) is 0 Å². The van der Waals surface area contributed by atoms with Crippen LogP contribution in [0.25, 0.3) is 0 Å². The smallest absolute Gasteiger partial charge is 0.303 e. The molecule has 0 radical (unpaired) electrons. The van der Waals surface area contributed by atoms with Crippen molar-refractivity contribution in [3.63, 3.8) is 0 Å². The minimum Gasteiger partial charge on any atom is -0.459 e. The number of carbonyl (C=O) groups excluding carboxylic acids is 1. The van der Waals surface area contributed by atoms with Gasteiger partial charge in [-0.25, -0.2) is 4.39 Å². The van der Waals surface area contributed by atoms with E-state index >= 15 is 0 Å². The molecule has 4 rings (SSSR count). The van der Waals surface area contributed by atoms with E-state index in [0.29, 0.717) is 31.1 Å². The molecule has 0 aromatic heterocycles. The van der Waals surface area contributed by atoms with E-state index in [2.05, 4.69) is 0 Å². The summed E-state index contributed by atoms with van der Waals surface area (Å²) in [6, 6.07) is 0. The lowest BCUT2D eigenvalue weighted by Gasteiger charge is -2.57. The summed E-state index contributed by atoms with van der Waals surface area (Å²) in [5.41, 5.74) is -1.47. The molecule has 4 aliphatic carbocycles. The summed E-state index contributed by atoms with van der Waals surface area (Å²) in [6.07, 6.45) is 4.80. The first-order chi connectivity index (χ1) is 6.99. The molecule has 4 bridgehead atoms. The SMILES string of the molecule is CC(=O)OC12CC3CC(CC(F)(C3)C1)C2. The molecule has 0 aromatic carbocycles. The second-order valence-corrected chi connectivity index (χ2v) is 5.89. The average molecular weight is 212 g/mol. The molecule has 0 saturated heterocycles. The van der Waals surface area contributed by atoms with E-state index in [9.17, 15) is 9.18 Å². The second kappa shape index (κ2) is 2.74. The van der Waals surface area contributed by atoms with Crippen LogP contribution < -0.4 is 0 Å². The summed E-state index contributed by atoms with van der Waals surface area (Å²) in [4.78, 5) is 11.1. The van der Waals surface area contributed by atoms with Crippen molar-refractivity contribution in [2.45, 2.75) is 56.7 Å². The van der Waals surface area contributed by atoms with E-state index in [1.165, 1.54) is 6.92 Å². The summed E-state index contributed by atoms with van der Waals surface area (Å²) in [7, 11) is 0. The largest absolute Gasteiger partial charge is 0.459 e. The van der Waals surface area contributed by atoms with Gasteiger partial charge in [0.2, 0.25) is 0 Å². The third-order valence-electron chi connectivity index (χ3n) is 4.30. The molecule has 0 heterocycles. The van der Waals surface area contributed by atoms with E-state index in [4.69, 9.17) is 4.74 Å². The normalized spacial score (nSPS) is 51.9. The van der Waals surface area contributed by atoms with Crippen molar-refractivity contribution >= 4 is 5.97 Å². The quantitative estimate of drug-likeness (QED) is 0.624. The van der Waals surface area contributed by atoms with Crippen LogP contribution in [0.2, 0.25) is 0 Å². The number of carbonyl (C=O) groups is 1. The molecule has 0 spiro atoms. The monoisotopic (exact) mass is 212 g/mol. The van der Waals surface area contributed by atoms with Gasteiger partial charge in [-0.3, -0.25) is 4.79 Å². The number of hydrogen-bond acceptors (Lipinski definition) is 2. The fraction of sp³-hybridized carbons (Fsp3) is 0.917. The number of esters is 1. The lowest BCUT2D eigenvalue weighted by Crippen LogP contribution is -2.58. The zero-order chi connectivity index (χ0) is 10.7. The predicted octanol–water partition coefficient (Wildman–Crippen LogP) is 2.61. The van der Waals surface area contributed by atoms with Crippen molar-refractivity contribution in [2.75, 3.05) is 0 Å². The molecule has 4 fully saturated rings. The number of hydrogen-bond donors (Lipinski definition) is 0. The Balaban J connectivity index is 1.89. The van der Waals surface area contributed by atoms with E-state index in [1.807, 2.05) is 0 Å². The van der Waals surface area contributed by atoms with Gasteiger partial charge in [0.1, 0.15) is 11.3 Å². The third kappa shape index (κ3) is 1.47. The fourth-order valence-electron chi connectivity index (χ4n) is 4.49. The van der Waals surface area contributed by atoms with Crippen molar-refractivity contribution in [1.82, 2.24) is 0 Å². The molecule has 84 valence electrons. The highest BCUT2D eigenvalue weighted by molar-refractivity contribution is 5.66. The molecule has 2 unspecified atom stereocenters. The number of rotatable bonds is 1. The van der Waals surface area contributed by atoms with Gasteiger partial charge in [0.15, 0.2) is 0 Å². The molecule has 2 nitrogen and oxygen atoms in total. The second-order valence-electron chi connectivity index (χ2n) is 5.89. The average Bonchev–Trinajstić information content (AvgIpc) is 1.94. The standard InChI is InChI=1S/C12H17FO2/c1-8(14)15-12-5-9-2-10(6-12)4-11(13,3-9)7-12/h9-10H,2-7H2,1H3. The lowest BCUT2D eigenvalue weighted by molar-refractivity contribution is -0.202. The Labute approximate surface area is 89.2 Å². The summed E-state index contributed by atoms with van der Waals surface area (Å²) in [5, 5.41) is 0. The van der Waals surface area contributed by atoms with Crippen molar-refractivity contribution in [3.05, 3.63) is 0 Å². The third-order valence-corrected chi connectivity index (χ3v) is 4.30. The minimum absolute atomic E-state index is 0.249. The summed E-state index contributed by atoms with van der Waals surface area (Å²) < 4.78 is 19.8. The van der Waals surface area contributed by atoms with Gasteiger partial charge in [-0.1, -0.05) is 0 Å². The number of alkyl halides is 1. The van der Waals surface area contributed by atoms with E-state index < -0.39 is 11.3 Å². The van der Waals surface area contributed by atoms with Gasteiger partial charge in [0.25, 0.3) is 0 Å². The molecule has 0 amide bonds. The van der Waals surface area contributed by atoms with Crippen molar-refractivity contribution in [2.24, 2.45) is 11.8 Å². The molecule has 0 N–H and O–H groups in total. The van der Waals surface area contributed by atoms with E-state index in [0.717, 1.165) is 19.3 Å². The predicted molar refractivity (Wildman–Crippen MR) is 53.0 cm³/mol. The minimum atomic E-state index is -1.03. The first-order valence-electron chi connectivity index (χ1n) is 5.87. The van der Waals surface area contributed by atoms with Gasteiger partial charge >= 0.3 is 5.97 Å². The first-order valence-corrected chi connectivity index (χ1v) is 5.87. The topological polar surface area (TPSA) is 26.3 Å². The molecule has 15 heavy (non-hydrogen) atoms. The first kappa shape index (κ1) is 9.61. The lowest BCUT2D eigenvalue weighted by atomic mass is 9.53. The summed E-state index contributed by atoms with van der Waals surface area (Å²) in [6.45, 7) is 1.43. The van der Waals surface area contributed by atoms with Crippen molar-refractivity contribution in [1.29, 1.82) is 0 Å². The van der Waals surface area contributed by atoms with Crippen LogP contribution in [-0.4, -0.2) is 17.2 Å². The molecule has 2 atom stereocenters. The van der Waals surface area contributed by atoms with Crippen LogP contribution in [0.15, 0.2) is 0 Å². The van der Waals surface area contributed by atoms with Crippen LogP contribution in [0.4, 0.5) is 4.39 Å². The van der Waals surface area contributed by atoms with Gasteiger partial charge in [-0.05, 0) is 43.9 Å². The Bertz CT molecular complexity index is 299. The molecule has 4 aliphatic rings. The van der Waals surface area contributed by atoms with Crippen LogP contribution in [0.5, 0.6) is 0 Å². The zero-order valence-electron chi connectivity index (χ0n) is 9.09. The Hall–Kier alpha value is -0.600. The highest BCUT2D eigenvalue weighted by Gasteiger charge is 2.60. The van der Waals surface area contributed by atoms with Crippen LogP contribution in [0.1, 0.15) is 45.4 Å². The molecule has 0 aromatic rings. The highest BCUT2D eigenvalue weighted by atomic mass is 19.1. The zero-order valence-corrected chi connectivity index (χ0v) is 9.09. The van der Waals surface area contributed by atoms with Crippen LogP contribution >= 0.6 is 0 Å². The summed E-state index contributed by atoms with van der Waals surface area (Å²) in [5.74, 6) is 0.659. The van der Waals surface area contributed by atoms with Gasteiger partial charge < -0.3 is 4.74 Å². The van der Waals surface area contributed by atoms with Crippen LogP contribution in [0.3, 0.4) is 0 Å². The molecular weight excluding hydrogens is 195 g/mol. The van der Waals surface area contributed by atoms with Gasteiger partial charge in [0, 0.05) is 13.3 Å². The molecule has 0 aliphatic heterocycles. The maximum absolute atomic E-state index is 14.4. The Kier molecular flexibility index (Phi) is 1.76. The number of halogens is 1. The van der Waals surface area contributed by atoms with Crippen molar-refractivity contribution in [3.8, 4) is 0 Å². The maximum Gasteiger partial charge on any atom is 0.303 e. The Morgan fingerprint density at radius 3 is 2.33 bits per heavy atom. The molecule has 3 heteroatoms. The van der Waals surface area contributed by atoms with Crippen LogP contribution in [0, 0.1) is 11.8 Å². The molecular formula is C12H17FO2. The fourth-order valence-corrected chi connectivity index (χ4v) is 4.49. The van der Waals surface area contributed by atoms with Gasteiger partial charge in [-0.2, -0.15) is 0 Å². The molecule has 4 saturated carbocycles. The van der Waals surface area contributed by atoms with E-state index in [-0.39, 0.29) is 5.97 Å². The van der Waals surface area contributed by atoms with Crippen molar-refractivity contribution < 1.29 is 13.9 Å². The van der Waals surface area contributed by atoms with Crippen LogP contribution in [-0.2, 0) is 9.53 Å². The highest BCUT2D eigenvalue weighted by Crippen LogP contribution is 2.60. The Morgan fingerprint density at radius 1 is 1.27 bits per heavy atom. The number of ether oxygens (including phenoxy) is 1. The van der Waals surface area contributed by atoms with Gasteiger partial charge in [0.05, 0.1) is 0 Å². The maximum atomic E-state index is 14.4. The Morgan fingerprint density at radius 2 is 1.87 bits per heavy atom. The summed E-state index contributed by atoms with van der Waals surface area (Å²) >= 11 is 0.